The van der Waals surface area contributed by atoms with E-state index in [0.717, 1.165) is 18.3 Å². The molecule has 0 aliphatic carbocycles. The molecule has 1 amide bonds. The molecule has 2 aromatic heterocycles. The van der Waals surface area contributed by atoms with E-state index in [1.807, 2.05) is 0 Å². The lowest BCUT2D eigenvalue weighted by atomic mass is 10.1. The number of nitrogens with zero attached hydrogens (tertiary/aromatic N) is 2. The Morgan fingerprint density at radius 3 is 2.61 bits per heavy atom. The molecule has 2 heterocycles. The molecular weight excluding hydrogens is 314 g/mol. The number of aromatic nitrogens is 2. The van der Waals surface area contributed by atoms with Crippen LogP contribution in [0.5, 0.6) is 0 Å². The molecule has 0 spiro atoms. The third-order valence-electron chi connectivity index (χ3n) is 2.92. The van der Waals surface area contributed by atoms with Crippen LogP contribution >= 0.6 is 0 Å². The summed E-state index contributed by atoms with van der Waals surface area (Å²) in [6.45, 7) is 1.74. The zero-order chi connectivity index (χ0) is 17.0. The van der Waals surface area contributed by atoms with Crippen LogP contribution in [0.3, 0.4) is 0 Å². The number of pyridine rings is 2. The van der Waals surface area contributed by atoms with Crippen molar-refractivity contribution in [3.8, 4) is 11.3 Å². The average Bonchev–Trinajstić information content (AvgIpc) is 2.46. The summed E-state index contributed by atoms with van der Waals surface area (Å²) in [5, 5.41) is 2.20. The van der Waals surface area contributed by atoms with Crippen molar-refractivity contribution in [1.29, 1.82) is 0 Å². The molecule has 23 heavy (non-hydrogen) atoms. The molecule has 0 bridgehead atoms. The zero-order valence-electron chi connectivity index (χ0n) is 12.1. The number of alkyl halides is 3. The largest absolute Gasteiger partial charge is 0.435 e. The van der Waals surface area contributed by atoms with E-state index in [-0.39, 0.29) is 17.7 Å². The number of amides is 1. The Bertz CT molecular complexity index is 716. The van der Waals surface area contributed by atoms with Gasteiger partial charge in [0.2, 0.25) is 5.91 Å². The molecule has 0 aromatic carbocycles. The molecule has 0 unspecified atom stereocenters. The molecule has 1 N–H and O–H groups in total. The molecule has 0 radical (unpaired) electrons. The predicted octanol–water partition coefficient (Wildman–Crippen LogP) is 4.04. The maximum atomic E-state index is 13.2. The van der Waals surface area contributed by atoms with Gasteiger partial charge in [-0.3, -0.25) is 9.78 Å². The Morgan fingerprint density at radius 2 is 2.00 bits per heavy atom. The summed E-state index contributed by atoms with van der Waals surface area (Å²) in [6.07, 6.45) is -2.00. The van der Waals surface area contributed by atoms with E-state index in [0.29, 0.717) is 6.42 Å². The van der Waals surface area contributed by atoms with Crippen LogP contribution in [0.25, 0.3) is 11.3 Å². The van der Waals surface area contributed by atoms with Crippen LogP contribution in [0, 0.1) is 5.82 Å². The first-order valence-electron chi connectivity index (χ1n) is 6.80. The molecule has 2 rings (SSSR count). The summed E-state index contributed by atoms with van der Waals surface area (Å²) in [4.78, 5) is 18.6. The number of carbonyl (C=O) groups excluding carboxylic acids is 1. The van der Waals surface area contributed by atoms with Gasteiger partial charge in [-0.25, -0.2) is 9.37 Å². The van der Waals surface area contributed by atoms with Gasteiger partial charge in [0.25, 0.3) is 0 Å². The summed E-state index contributed by atoms with van der Waals surface area (Å²) in [6, 6.07) is 3.40. The second-order valence-corrected chi connectivity index (χ2v) is 4.78. The average molecular weight is 327 g/mol. The van der Waals surface area contributed by atoms with Crippen LogP contribution in [-0.4, -0.2) is 15.9 Å². The van der Waals surface area contributed by atoms with Crippen molar-refractivity contribution in [2.75, 3.05) is 5.32 Å². The van der Waals surface area contributed by atoms with Gasteiger partial charge in [-0.2, -0.15) is 13.2 Å². The standard InChI is InChI=1S/C15H13F4N3O/c1-2-3-13(23)21-12-5-4-11(22-14(12)15(17,18)19)9-6-10(16)8-20-7-9/h4-8H,2-3H2,1H3,(H,21,23). The van der Waals surface area contributed by atoms with Gasteiger partial charge in [0, 0.05) is 18.2 Å². The Kier molecular flexibility index (Phi) is 4.92. The summed E-state index contributed by atoms with van der Waals surface area (Å²) in [7, 11) is 0. The second kappa shape index (κ2) is 6.72. The first-order chi connectivity index (χ1) is 10.8. The molecule has 8 heteroatoms. The van der Waals surface area contributed by atoms with Crippen molar-refractivity contribution < 1.29 is 22.4 Å². The fourth-order valence-corrected chi connectivity index (χ4v) is 1.93. The van der Waals surface area contributed by atoms with E-state index < -0.39 is 29.3 Å². The molecular formula is C15H13F4N3O. The van der Waals surface area contributed by atoms with E-state index in [9.17, 15) is 22.4 Å². The van der Waals surface area contributed by atoms with E-state index in [1.165, 1.54) is 12.3 Å². The lowest BCUT2D eigenvalue weighted by Gasteiger charge is -2.14. The lowest BCUT2D eigenvalue weighted by molar-refractivity contribution is -0.140. The quantitative estimate of drug-likeness (QED) is 0.862. The molecule has 0 saturated carbocycles. The summed E-state index contributed by atoms with van der Waals surface area (Å²) in [5.74, 6) is -1.21. The maximum absolute atomic E-state index is 13.2. The molecule has 122 valence electrons. The summed E-state index contributed by atoms with van der Waals surface area (Å²) in [5.41, 5.74) is -1.63. The van der Waals surface area contributed by atoms with E-state index in [4.69, 9.17) is 0 Å². The highest BCUT2D eigenvalue weighted by molar-refractivity contribution is 5.91. The van der Waals surface area contributed by atoms with Gasteiger partial charge in [0.05, 0.1) is 17.6 Å². The molecule has 0 fully saturated rings. The van der Waals surface area contributed by atoms with Crippen molar-refractivity contribution in [3.63, 3.8) is 0 Å². The van der Waals surface area contributed by atoms with Gasteiger partial charge in [-0.1, -0.05) is 6.92 Å². The second-order valence-electron chi connectivity index (χ2n) is 4.78. The van der Waals surface area contributed by atoms with E-state index >= 15 is 0 Å². The SMILES string of the molecule is CCCC(=O)Nc1ccc(-c2cncc(F)c2)nc1C(F)(F)F. The summed E-state index contributed by atoms with van der Waals surface area (Å²) < 4.78 is 52.6. The van der Waals surface area contributed by atoms with Crippen LogP contribution in [0.2, 0.25) is 0 Å². The minimum atomic E-state index is -4.76. The van der Waals surface area contributed by atoms with Crippen LogP contribution in [-0.2, 0) is 11.0 Å². The highest BCUT2D eigenvalue weighted by atomic mass is 19.4. The Balaban J connectivity index is 2.44. The maximum Gasteiger partial charge on any atom is 0.435 e. The normalized spacial score (nSPS) is 11.3. The third kappa shape index (κ3) is 4.24. The van der Waals surface area contributed by atoms with Gasteiger partial charge in [0.15, 0.2) is 5.69 Å². The van der Waals surface area contributed by atoms with Gasteiger partial charge in [-0.15, -0.1) is 0 Å². The van der Waals surface area contributed by atoms with Crippen LogP contribution in [0.15, 0.2) is 30.6 Å². The molecule has 0 aliphatic heterocycles. The monoisotopic (exact) mass is 327 g/mol. The van der Waals surface area contributed by atoms with Crippen molar-refractivity contribution in [1.82, 2.24) is 9.97 Å². The van der Waals surface area contributed by atoms with Crippen molar-refractivity contribution in [3.05, 3.63) is 42.1 Å². The molecule has 2 aromatic rings. The number of halogens is 4. The molecule has 4 nitrogen and oxygen atoms in total. The minimum absolute atomic E-state index is 0.0854. The van der Waals surface area contributed by atoms with E-state index in [2.05, 4.69) is 15.3 Å². The third-order valence-corrected chi connectivity index (χ3v) is 2.92. The van der Waals surface area contributed by atoms with Gasteiger partial charge >= 0.3 is 6.18 Å². The summed E-state index contributed by atoms with van der Waals surface area (Å²) >= 11 is 0. The first-order valence-corrected chi connectivity index (χ1v) is 6.80. The van der Waals surface area contributed by atoms with Crippen LogP contribution in [0.4, 0.5) is 23.2 Å². The Hall–Kier alpha value is -2.51. The number of nitrogens with one attached hydrogen (secondary N) is 1. The lowest BCUT2D eigenvalue weighted by Crippen LogP contribution is -2.17. The van der Waals surface area contributed by atoms with Crippen molar-refractivity contribution in [2.24, 2.45) is 0 Å². The number of anilines is 1. The van der Waals surface area contributed by atoms with E-state index in [1.54, 1.807) is 6.92 Å². The highest BCUT2D eigenvalue weighted by Crippen LogP contribution is 2.35. The predicted molar refractivity (Wildman–Crippen MR) is 76.0 cm³/mol. The zero-order valence-corrected chi connectivity index (χ0v) is 12.1. The number of hydrogen-bond donors (Lipinski definition) is 1. The first kappa shape index (κ1) is 16.9. The minimum Gasteiger partial charge on any atom is -0.324 e. The molecule has 0 saturated heterocycles. The van der Waals surface area contributed by atoms with Crippen molar-refractivity contribution >= 4 is 11.6 Å². The number of carbonyl (C=O) groups is 1. The topological polar surface area (TPSA) is 54.9 Å². The number of hydrogen-bond acceptors (Lipinski definition) is 3. The van der Waals surface area contributed by atoms with Crippen molar-refractivity contribution in [2.45, 2.75) is 25.9 Å². The van der Waals surface area contributed by atoms with Gasteiger partial charge in [-0.05, 0) is 24.6 Å². The fourth-order valence-electron chi connectivity index (χ4n) is 1.93. The smallest absolute Gasteiger partial charge is 0.324 e. The van der Waals surface area contributed by atoms with Gasteiger partial charge in [0.1, 0.15) is 5.82 Å². The van der Waals surface area contributed by atoms with Crippen LogP contribution in [0.1, 0.15) is 25.5 Å². The Labute approximate surface area is 129 Å². The molecule has 0 aliphatic rings. The number of rotatable bonds is 4. The highest BCUT2D eigenvalue weighted by Gasteiger charge is 2.36. The fraction of sp³-hybridized carbons (Fsp3) is 0.267. The van der Waals surface area contributed by atoms with Crippen LogP contribution < -0.4 is 5.32 Å². The van der Waals surface area contributed by atoms with Gasteiger partial charge < -0.3 is 5.32 Å². The Morgan fingerprint density at radius 1 is 1.26 bits per heavy atom. The molecule has 0 atom stereocenters.